The zero-order valence-electron chi connectivity index (χ0n) is 10.1. The quantitative estimate of drug-likeness (QED) is 0.669. The Labute approximate surface area is 108 Å². The normalized spacial score (nSPS) is 10.4. The monoisotopic (exact) mass is 261 g/mol. The molecule has 0 unspecified atom stereocenters. The highest BCUT2D eigenvalue weighted by Crippen LogP contribution is 2.29. The predicted molar refractivity (Wildman–Crippen MR) is 66.7 cm³/mol. The molecule has 2 aromatic rings. The van der Waals surface area contributed by atoms with E-state index in [2.05, 4.69) is 5.10 Å². The second-order valence-electron chi connectivity index (χ2n) is 4.00. The Balaban J connectivity index is 2.58. The van der Waals surface area contributed by atoms with Gasteiger partial charge >= 0.3 is 5.97 Å². The molecule has 1 heterocycles. The highest BCUT2D eigenvalue weighted by Gasteiger charge is 2.19. The summed E-state index contributed by atoms with van der Waals surface area (Å²) >= 11 is 0. The summed E-state index contributed by atoms with van der Waals surface area (Å²) in [6, 6.07) is 7.81. The molecule has 1 aromatic carbocycles. The van der Waals surface area contributed by atoms with Crippen molar-refractivity contribution in [3.63, 3.8) is 0 Å². The fourth-order valence-electron chi connectivity index (χ4n) is 1.86. The van der Waals surface area contributed by atoms with Crippen molar-refractivity contribution in [1.29, 1.82) is 0 Å². The lowest BCUT2D eigenvalue weighted by Crippen LogP contribution is -2.11. The minimum absolute atomic E-state index is 0.0750. The number of benzene rings is 1. The van der Waals surface area contributed by atoms with Crippen molar-refractivity contribution in [3.05, 3.63) is 46.1 Å². The van der Waals surface area contributed by atoms with Gasteiger partial charge in [-0.1, -0.05) is 12.1 Å². The third kappa shape index (κ3) is 2.59. The first-order valence-corrected chi connectivity index (χ1v) is 5.49. The van der Waals surface area contributed by atoms with Crippen LogP contribution in [0.3, 0.4) is 0 Å². The second-order valence-corrected chi connectivity index (χ2v) is 4.00. The van der Waals surface area contributed by atoms with Gasteiger partial charge in [0.2, 0.25) is 0 Å². The van der Waals surface area contributed by atoms with Crippen molar-refractivity contribution in [3.8, 4) is 11.3 Å². The number of nitro benzene ring substituents is 1. The third-order valence-corrected chi connectivity index (χ3v) is 2.56. The van der Waals surface area contributed by atoms with Crippen molar-refractivity contribution in [2.45, 2.75) is 13.5 Å². The Morgan fingerprint density at radius 1 is 1.47 bits per heavy atom. The number of nitrogens with zero attached hydrogens (tertiary/aromatic N) is 3. The zero-order chi connectivity index (χ0) is 14.0. The molecule has 0 aliphatic carbocycles. The average molecular weight is 261 g/mol. The summed E-state index contributed by atoms with van der Waals surface area (Å²) in [6.07, 6.45) is 0. The van der Waals surface area contributed by atoms with E-state index in [0.29, 0.717) is 17.0 Å². The summed E-state index contributed by atoms with van der Waals surface area (Å²) < 4.78 is 1.25. The van der Waals surface area contributed by atoms with Crippen LogP contribution in [0.15, 0.2) is 30.3 Å². The van der Waals surface area contributed by atoms with Gasteiger partial charge in [0.25, 0.3) is 5.69 Å². The number of carboxylic acids is 1. The molecular formula is C12H11N3O4. The summed E-state index contributed by atoms with van der Waals surface area (Å²) in [5, 5.41) is 23.9. The van der Waals surface area contributed by atoms with Gasteiger partial charge < -0.3 is 5.11 Å². The molecule has 7 heteroatoms. The van der Waals surface area contributed by atoms with Crippen LogP contribution in [0.5, 0.6) is 0 Å². The van der Waals surface area contributed by atoms with E-state index in [4.69, 9.17) is 5.11 Å². The lowest BCUT2D eigenvalue weighted by molar-refractivity contribution is -0.384. The van der Waals surface area contributed by atoms with E-state index in [0.717, 1.165) is 0 Å². The van der Waals surface area contributed by atoms with Gasteiger partial charge in [-0.25, -0.2) is 0 Å². The number of hydrogen-bond donors (Lipinski definition) is 1. The molecule has 1 aromatic heterocycles. The average Bonchev–Trinajstić information content (AvgIpc) is 2.69. The van der Waals surface area contributed by atoms with Crippen LogP contribution in [-0.4, -0.2) is 25.8 Å². The summed E-state index contributed by atoms with van der Waals surface area (Å²) in [5.41, 5.74) is 1.31. The molecule has 0 atom stereocenters. The SMILES string of the molecule is Cc1cc(-c2ccccc2[N+](=O)[O-])n(CC(=O)O)n1. The number of para-hydroxylation sites is 1. The summed E-state index contributed by atoms with van der Waals surface area (Å²) in [5.74, 6) is -1.05. The summed E-state index contributed by atoms with van der Waals surface area (Å²) in [7, 11) is 0. The molecule has 1 N–H and O–H groups in total. The van der Waals surface area contributed by atoms with E-state index in [-0.39, 0.29) is 12.2 Å². The molecule has 7 nitrogen and oxygen atoms in total. The van der Waals surface area contributed by atoms with Gasteiger partial charge in [0.1, 0.15) is 6.54 Å². The number of carboxylic acid groups (broad SMARTS) is 1. The Kier molecular flexibility index (Phi) is 3.28. The summed E-state index contributed by atoms with van der Waals surface area (Å²) in [6.45, 7) is 1.37. The van der Waals surface area contributed by atoms with E-state index >= 15 is 0 Å². The molecular weight excluding hydrogens is 250 g/mol. The first kappa shape index (κ1) is 12.7. The van der Waals surface area contributed by atoms with Crippen LogP contribution < -0.4 is 0 Å². The highest BCUT2D eigenvalue weighted by atomic mass is 16.6. The van der Waals surface area contributed by atoms with Crippen molar-refractivity contribution in [2.75, 3.05) is 0 Å². The van der Waals surface area contributed by atoms with Crippen LogP contribution in [-0.2, 0) is 11.3 Å². The molecule has 0 fully saturated rings. The van der Waals surface area contributed by atoms with Gasteiger partial charge in [-0.15, -0.1) is 0 Å². The van der Waals surface area contributed by atoms with Gasteiger partial charge in [0, 0.05) is 6.07 Å². The number of aryl methyl sites for hydroxylation is 1. The fraction of sp³-hybridized carbons (Fsp3) is 0.167. The molecule has 0 bridgehead atoms. The van der Waals surface area contributed by atoms with Crippen LogP contribution in [0.1, 0.15) is 5.69 Å². The van der Waals surface area contributed by atoms with E-state index in [9.17, 15) is 14.9 Å². The van der Waals surface area contributed by atoms with Crippen LogP contribution in [0.4, 0.5) is 5.69 Å². The first-order chi connectivity index (χ1) is 8.99. The van der Waals surface area contributed by atoms with Gasteiger partial charge in [0.15, 0.2) is 0 Å². The van der Waals surface area contributed by atoms with Crippen molar-refractivity contribution >= 4 is 11.7 Å². The number of aliphatic carboxylic acids is 1. The largest absolute Gasteiger partial charge is 0.480 e. The number of carbonyl (C=O) groups is 1. The van der Waals surface area contributed by atoms with Crippen LogP contribution in [0.25, 0.3) is 11.3 Å². The maximum absolute atomic E-state index is 11.0. The Hall–Kier alpha value is -2.70. The molecule has 0 spiro atoms. The van der Waals surface area contributed by atoms with Gasteiger partial charge in [-0.3, -0.25) is 19.6 Å². The topological polar surface area (TPSA) is 98.3 Å². The van der Waals surface area contributed by atoms with Crippen LogP contribution in [0, 0.1) is 17.0 Å². The second kappa shape index (κ2) is 4.89. The van der Waals surface area contributed by atoms with Gasteiger partial charge in [-0.05, 0) is 19.1 Å². The lowest BCUT2D eigenvalue weighted by atomic mass is 10.1. The maximum Gasteiger partial charge on any atom is 0.325 e. The first-order valence-electron chi connectivity index (χ1n) is 5.49. The number of aromatic nitrogens is 2. The Bertz CT molecular complexity index is 648. The molecule has 0 radical (unpaired) electrons. The molecule has 0 saturated carbocycles. The molecule has 98 valence electrons. The minimum Gasteiger partial charge on any atom is -0.480 e. The van der Waals surface area contributed by atoms with E-state index in [1.54, 1.807) is 31.2 Å². The number of rotatable bonds is 4. The Morgan fingerprint density at radius 2 is 2.16 bits per heavy atom. The van der Waals surface area contributed by atoms with E-state index in [1.165, 1.54) is 10.7 Å². The smallest absolute Gasteiger partial charge is 0.325 e. The number of nitro groups is 1. The van der Waals surface area contributed by atoms with E-state index < -0.39 is 10.9 Å². The minimum atomic E-state index is -1.05. The maximum atomic E-state index is 11.0. The lowest BCUT2D eigenvalue weighted by Gasteiger charge is -2.05. The zero-order valence-corrected chi connectivity index (χ0v) is 10.1. The van der Waals surface area contributed by atoms with Crippen LogP contribution in [0.2, 0.25) is 0 Å². The van der Waals surface area contributed by atoms with Crippen LogP contribution >= 0.6 is 0 Å². The van der Waals surface area contributed by atoms with Gasteiger partial charge in [0.05, 0.1) is 21.9 Å². The molecule has 0 aliphatic rings. The van der Waals surface area contributed by atoms with E-state index in [1.807, 2.05) is 0 Å². The van der Waals surface area contributed by atoms with Crippen molar-refractivity contribution in [1.82, 2.24) is 9.78 Å². The molecule has 0 amide bonds. The van der Waals surface area contributed by atoms with Gasteiger partial charge in [-0.2, -0.15) is 5.10 Å². The standard InChI is InChI=1S/C12H11N3O4/c1-8-6-11(14(13-8)7-12(16)17)9-4-2-3-5-10(9)15(18)19/h2-6H,7H2,1H3,(H,16,17). The molecule has 0 aliphatic heterocycles. The molecule has 0 saturated heterocycles. The number of hydrogen-bond acceptors (Lipinski definition) is 4. The third-order valence-electron chi connectivity index (χ3n) is 2.56. The summed E-state index contributed by atoms with van der Waals surface area (Å²) in [4.78, 5) is 21.3. The molecule has 19 heavy (non-hydrogen) atoms. The predicted octanol–water partition coefficient (Wildman–Crippen LogP) is 1.85. The molecule has 2 rings (SSSR count). The Morgan fingerprint density at radius 3 is 2.79 bits per heavy atom. The van der Waals surface area contributed by atoms with Crippen molar-refractivity contribution in [2.24, 2.45) is 0 Å². The highest BCUT2D eigenvalue weighted by molar-refractivity contribution is 5.73. The van der Waals surface area contributed by atoms with Crippen molar-refractivity contribution < 1.29 is 14.8 Å². The fourth-order valence-corrected chi connectivity index (χ4v) is 1.86.